The minimum atomic E-state index is -0.942. The van der Waals surface area contributed by atoms with Crippen LogP contribution in [-0.2, 0) is 6.42 Å². The molecule has 0 unspecified atom stereocenters. The number of pyridine rings is 2. The molecule has 140 valence electrons. The Morgan fingerprint density at radius 1 is 0.964 bits per heavy atom. The summed E-state index contributed by atoms with van der Waals surface area (Å²) in [7, 11) is 0. The van der Waals surface area contributed by atoms with E-state index in [0.717, 1.165) is 23.4 Å². The highest BCUT2D eigenvalue weighted by atomic mass is 19.1. The van der Waals surface area contributed by atoms with E-state index in [-0.39, 0.29) is 5.75 Å². The van der Waals surface area contributed by atoms with Gasteiger partial charge >= 0.3 is 0 Å². The second kappa shape index (κ2) is 7.43. The molecule has 0 saturated carbocycles. The Balaban J connectivity index is 1.46. The van der Waals surface area contributed by atoms with Crippen LogP contribution in [0.25, 0.3) is 11.3 Å². The normalized spacial score (nSPS) is 10.8. The van der Waals surface area contributed by atoms with Crippen molar-refractivity contribution in [2.75, 3.05) is 5.73 Å². The average molecular weight is 380 g/mol. The van der Waals surface area contributed by atoms with Crippen LogP contribution in [0.3, 0.4) is 0 Å². The maximum absolute atomic E-state index is 13.1. The van der Waals surface area contributed by atoms with Crippen molar-refractivity contribution >= 4 is 5.82 Å². The zero-order valence-electron chi connectivity index (χ0n) is 14.5. The molecule has 8 heteroatoms. The van der Waals surface area contributed by atoms with Gasteiger partial charge in [0.2, 0.25) is 11.9 Å². The van der Waals surface area contributed by atoms with Gasteiger partial charge in [0.15, 0.2) is 5.76 Å². The van der Waals surface area contributed by atoms with Crippen LogP contribution in [0.2, 0.25) is 0 Å². The highest BCUT2D eigenvalue weighted by Crippen LogP contribution is 2.26. The van der Waals surface area contributed by atoms with Gasteiger partial charge in [0.25, 0.3) is 0 Å². The van der Waals surface area contributed by atoms with Crippen molar-refractivity contribution in [2.45, 2.75) is 6.42 Å². The largest absolute Gasteiger partial charge is 0.457 e. The lowest BCUT2D eigenvalue weighted by molar-refractivity contribution is 0.425. The summed E-state index contributed by atoms with van der Waals surface area (Å²) in [5, 5.41) is 4.06. The molecule has 0 spiro atoms. The number of aromatic nitrogens is 3. The number of hydrogen-bond donors (Lipinski definition) is 1. The van der Waals surface area contributed by atoms with Crippen LogP contribution in [0.1, 0.15) is 11.3 Å². The first-order chi connectivity index (χ1) is 13.6. The molecule has 0 saturated heterocycles. The highest BCUT2D eigenvalue weighted by molar-refractivity contribution is 5.69. The van der Waals surface area contributed by atoms with E-state index in [1.165, 1.54) is 0 Å². The molecule has 28 heavy (non-hydrogen) atoms. The molecular formula is C20H14F2N4O2. The predicted molar refractivity (Wildman–Crippen MR) is 97.6 cm³/mol. The van der Waals surface area contributed by atoms with E-state index in [4.69, 9.17) is 15.0 Å². The van der Waals surface area contributed by atoms with E-state index < -0.39 is 11.9 Å². The van der Waals surface area contributed by atoms with E-state index in [9.17, 15) is 8.78 Å². The molecule has 0 aliphatic carbocycles. The van der Waals surface area contributed by atoms with E-state index >= 15 is 0 Å². The summed E-state index contributed by atoms with van der Waals surface area (Å²) in [6.45, 7) is 0. The third-order valence-electron chi connectivity index (χ3n) is 3.94. The fourth-order valence-electron chi connectivity index (χ4n) is 2.67. The molecule has 2 N–H and O–H groups in total. The number of rotatable bonds is 5. The van der Waals surface area contributed by atoms with Gasteiger partial charge in [-0.2, -0.15) is 13.8 Å². The van der Waals surface area contributed by atoms with Crippen LogP contribution in [0.4, 0.5) is 14.6 Å². The second-order valence-electron chi connectivity index (χ2n) is 5.99. The Morgan fingerprint density at radius 2 is 1.71 bits per heavy atom. The monoisotopic (exact) mass is 380 g/mol. The number of anilines is 1. The fraction of sp³-hybridized carbons (Fsp3) is 0.0500. The van der Waals surface area contributed by atoms with Gasteiger partial charge < -0.3 is 15.0 Å². The van der Waals surface area contributed by atoms with Crippen molar-refractivity contribution in [3.8, 4) is 22.8 Å². The number of ether oxygens (including phenoxy) is 1. The molecule has 0 radical (unpaired) electrons. The standard InChI is InChI=1S/C20H14F2N4O2/c21-18-10-15(11-19(22)25-18)27-14-5-3-12(4-6-14)8-13-9-17(28-26-13)16-2-1-7-24-20(16)23/h1-7,9-11H,8H2,(H2,23,24). The highest BCUT2D eigenvalue weighted by Gasteiger charge is 2.11. The number of nitrogen functional groups attached to an aromatic ring is 1. The van der Waals surface area contributed by atoms with Gasteiger partial charge in [-0.25, -0.2) is 4.98 Å². The van der Waals surface area contributed by atoms with Gasteiger partial charge in [-0.05, 0) is 29.8 Å². The third kappa shape index (κ3) is 3.96. The number of hydrogen-bond acceptors (Lipinski definition) is 6. The van der Waals surface area contributed by atoms with Crippen LogP contribution in [-0.4, -0.2) is 15.1 Å². The molecule has 0 aliphatic heterocycles. The van der Waals surface area contributed by atoms with Gasteiger partial charge in [-0.3, -0.25) is 0 Å². The molecule has 0 bridgehead atoms. The molecule has 3 heterocycles. The first-order valence-corrected chi connectivity index (χ1v) is 8.33. The van der Waals surface area contributed by atoms with Crippen molar-refractivity contribution in [1.82, 2.24) is 15.1 Å². The molecule has 1 aromatic carbocycles. The predicted octanol–water partition coefficient (Wildman–Crippen LogP) is 4.38. The number of benzene rings is 1. The Morgan fingerprint density at radius 3 is 2.43 bits per heavy atom. The molecule has 0 amide bonds. The summed E-state index contributed by atoms with van der Waals surface area (Å²) in [4.78, 5) is 7.05. The minimum absolute atomic E-state index is 0.0351. The van der Waals surface area contributed by atoms with Gasteiger partial charge in [0.05, 0.1) is 11.3 Å². The van der Waals surface area contributed by atoms with Gasteiger partial charge in [-0.1, -0.05) is 17.3 Å². The zero-order chi connectivity index (χ0) is 19.5. The van der Waals surface area contributed by atoms with Gasteiger partial charge in [0.1, 0.15) is 17.3 Å². The SMILES string of the molecule is Nc1ncccc1-c1cc(Cc2ccc(Oc3cc(F)nc(F)c3)cc2)no1. The summed E-state index contributed by atoms with van der Waals surface area (Å²) in [6.07, 6.45) is 2.14. The molecule has 3 aromatic heterocycles. The van der Waals surface area contributed by atoms with Crippen molar-refractivity contribution in [2.24, 2.45) is 0 Å². The number of nitrogens with two attached hydrogens (primary N) is 1. The first kappa shape index (κ1) is 17.6. The van der Waals surface area contributed by atoms with Crippen LogP contribution >= 0.6 is 0 Å². The molecule has 4 rings (SSSR count). The van der Waals surface area contributed by atoms with Crippen LogP contribution in [0.5, 0.6) is 11.5 Å². The maximum atomic E-state index is 13.1. The quantitative estimate of drug-likeness (QED) is 0.517. The molecule has 0 fully saturated rings. The van der Waals surface area contributed by atoms with E-state index in [1.807, 2.05) is 18.2 Å². The van der Waals surface area contributed by atoms with Crippen molar-refractivity contribution in [1.29, 1.82) is 0 Å². The Bertz CT molecular complexity index is 1090. The molecule has 0 atom stereocenters. The minimum Gasteiger partial charge on any atom is -0.457 e. The van der Waals surface area contributed by atoms with Crippen molar-refractivity contribution < 1.29 is 18.0 Å². The summed E-state index contributed by atoms with van der Waals surface area (Å²) >= 11 is 0. The lowest BCUT2D eigenvalue weighted by Gasteiger charge is -2.06. The van der Waals surface area contributed by atoms with Gasteiger partial charge in [-0.15, -0.1) is 0 Å². The number of nitrogens with zero attached hydrogens (tertiary/aromatic N) is 3. The van der Waals surface area contributed by atoms with Crippen molar-refractivity contribution in [3.05, 3.63) is 83.9 Å². The Labute approximate surface area is 158 Å². The molecular weight excluding hydrogens is 366 g/mol. The van der Waals surface area contributed by atoms with Crippen molar-refractivity contribution in [3.63, 3.8) is 0 Å². The van der Waals surface area contributed by atoms with E-state index in [0.29, 0.717) is 29.3 Å². The van der Waals surface area contributed by atoms with E-state index in [2.05, 4.69) is 15.1 Å². The summed E-state index contributed by atoms with van der Waals surface area (Å²) in [5.41, 5.74) is 8.22. The van der Waals surface area contributed by atoms with Gasteiger partial charge in [0, 0.05) is 30.8 Å². The molecule has 0 aliphatic rings. The fourth-order valence-corrected chi connectivity index (χ4v) is 2.67. The smallest absolute Gasteiger partial charge is 0.219 e. The molecule has 4 aromatic rings. The van der Waals surface area contributed by atoms with E-state index in [1.54, 1.807) is 30.5 Å². The van der Waals surface area contributed by atoms with Crippen LogP contribution < -0.4 is 10.5 Å². The molecule has 6 nitrogen and oxygen atoms in total. The summed E-state index contributed by atoms with van der Waals surface area (Å²) < 4.78 is 37.1. The zero-order valence-corrected chi connectivity index (χ0v) is 14.5. The lowest BCUT2D eigenvalue weighted by atomic mass is 10.1. The maximum Gasteiger partial charge on any atom is 0.219 e. The summed E-state index contributed by atoms with van der Waals surface area (Å²) in [6, 6.07) is 14.5. The number of halogens is 2. The average Bonchev–Trinajstić information content (AvgIpc) is 3.11. The lowest BCUT2D eigenvalue weighted by Crippen LogP contribution is -1.92. The van der Waals surface area contributed by atoms with Crippen LogP contribution in [0, 0.1) is 11.9 Å². The topological polar surface area (TPSA) is 87.1 Å². The second-order valence-corrected chi connectivity index (χ2v) is 5.99. The Hall–Kier alpha value is -3.81. The third-order valence-corrected chi connectivity index (χ3v) is 3.94. The summed E-state index contributed by atoms with van der Waals surface area (Å²) in [5.74, 6) is -0.492. The Kier molecular flexibility index (Phi) is 4.67. The van der Waals surface area contributed by atoms with Crippen LogP contribution in [0.15, 0.2) is 65.3 Å². The first-order valence-electron chi connectivity index (χ1n) is 8.33.